The first-order chi connectivity index (χ1) is 13.8. The van der Waals surface area contributed by atoms with Gasteiger partial charge in [0.05, 0.1) is 21.1 Å². The highest BCUT2D eigenvalue weighted by atomic mass is 31.1. The summed E-state index contributed by atoms with van der Waals surface area (Å²) in [5.74, 6) is 0. The van der Waals surface area contributed by atoms with Crippen LogP contribution in [0.5, 0.6) is 0 Å². The Morgan fingerprint density at radius 3 is 1.55 bits per heavy atom. The zero-order chi connectivity index (χ0) is 22.0. The van der Waals surface area contributed by atoms with Crippen molar-refractivity contribution >= 4 is 8.03 Å². The number of hydrogen-bond donors (Lipinski definition) is 0. The first-order valence-electron chi connectivity index (χ1n) is 12.4. The molecule has 0 heterocycles. The van der Waals surface area contributed by atoms with Crippen LogP contribution in [0.4, 0.5) is 0 Å². The van der Waals surface area contributed by atoms with Gasteiger partial charge in [0.1, 0.15) is 0 Å². The van der Waals surface area contributed by atoms with E-state index in [0.29, 0.717) is 4.48 Å². The van der Waals surface area contributed by atoms with Gasteiger partial charge in [0.2, 0.25) is 0 Å². The third-order valence-corrected chi connectivity index (χ3v) is 8.05. The van der Waals surface area contributed by atoms with Crippen molar-refractivity contribution in [1.82, 2.24) is 0 Å². The molecule has 0 N–H and O–H groups in total. The van der Waals surface area contributed by atoms with Crippen LogP contribution in [0.15, 0.2) is 12.2 Å². The van der Waals surface area contributed by atoms with Gasteiger partial charge < -0.3 is 4.89 Å². The summed E-state index contributed by atoms with van der Waals surface area (Å²) in [6.45, 7) is 4.36. The first kappa shape index (κ1) is 28.8. The van der Waals surface area contributed by atoms with Crippen LogP contribution in [-0.2, 0) is 4.57 Å². The minimum Gasteiger partial charge on any atom is -0.590 e. The molecule has 29 heavy (non-hydrogen) atoms. The summed E-state index contributed by atoms with van der Waals surface area (Å²) in [4.78, 5) is 12.1. The molecule has 0 aromatic rings. The second-order valence-corrected chi connectivity index (χ2v) is 11.0. The standard InChI is InChI=1S/C25H51NO2P/c1-6-8-9-10-11-12-13-14-15-16-17-18-19-20-21-22-24-25(23-7-2,29(27)28)26(3,4)5/h13-14H,6-12,15-24H2,1-5H3/q+1. The van der Waals surface area contributed by atoms with Crippen LogP contribution >= 0.6 is 8.03 Å². The van der Waals surface area contributed by atoms with Crippen LogP contribution in [-0.4, -0.2) is 30.9 Å². The maximum Gasteiger partial charge on any atom is 0.376 e. The third kappa shape index (κ3) is 12.9. The monoisotopic (exact) mass is 428 g/mol. The number of unbranched alkanes of at least 4 members (excludes halogenated alkanes) is 12. The fourth-order valence-corrected chi connectivity index (χ4v) is 5.52. The molecule has 2 atom stereocenters. The summed E-state index contributed by atoms with van der Waals surface area (Å²) in [5.41, 5.74) is 0. The molecule has 4 heteroatoms. The summed E-state index contributed by atoms with van der Waals surface area (Å²) < 4.78 is 12.6. The summed E-state index contributed by atoms with van der Waals surface area (Å²) in [6.07, 6.45) is 25.2. The van der Waals surface area contributed by atoms with Gasteiger partial charge in [0.25, 0.3) is 5.28 Å². The Labute approximate surface area is 183 Å². The molecule has 0 spiro atoms. The fourth-order valence-electron chi connectivity index (χ4n) is 4.28. The van der Waals surface area contributed by atoms with Crippen molar-refractivity contribution in [2.24, 2.45) is 0 Å². The van der Waals surface area contributed by atoms with Crippen molar-refractivity contribution in [2.75, 3.05) is 21.1 Å². The van der Waals surface area contributed by atoms with Gasteiger partial charge in [0, 0.05) is 12.8 Å². The molecule has 0 fully saturated rings. The van der Waals surface area contributed by atoms with E-state index in [1.807, 2.05) is 21.1 Å². The summed E-state index contributed by atoms with van der Waals surface area (Å²) in [7, 11) is 3.67. The molecule has 0 radical (unpaired) electrons. The number of rotatable bonds is 20. The van der Waals surface area contributed by atoms with Gasteiger partial charge in [-0.1, -0.05) is 88.4 Å². The van der Waals surface area contributed by atoms with Gasteiger partial charge in [-0.3, -0.25) is 4.48 Å². The van der Waals surface area contributed by atoms with Crippen LogP contribution in [0.3, 0.4) is 0 Å². The maximum atomic E-state index is 12.1. The lowest BCUT2D eigenvalue weighted by Crippen LogP contribution is -2.55. The number of allylic oxidation sites excluding steroid dienone is 2. The second-order valence-electron chi connectivity index (χ2n) is 9.69. The molecule has 0 aliphatic rings. The Morgan fingerprint density at radius 1 is 0.690 bits per heavy atom. The molecule has 2 unspecified atom stereocenters. The Balaban J connectivity index is 3.75. The topological polar surface area (TPSA) is 40.1 Å². The molecule has 0 aromatic carbocycles. The predicted molar refractivity (Wildman–Crippen MR) is 127 cm³/mol. The SMILES string of the molecule is CCCCCCCC=CCCCCCCCCCC(CCC)([P+](=O)[O-])[N+](C)(C)C. The molecule has 0 saturated heterocycles. The van der Waals surface area contributed by atoms with E-state index in [9.17, 15) is 9.46 Å². The van der Waals surface area contributed by atoms with Crippen molar-refractivity contribution < 1.29 is 13.9 Å². The number of hydrogen-bond acceptors (Lipinski definition) is 2. The van der Waals surface area contributed by atoms with E-state index in [0.717, 1.165) is 32.1 Å². The van der Waals surface area contributed by atoms with Gasteiger partial charge in [-0.15, -0.1) is 0 Å². The average Bonchev–Trinajstić information content (AvgIpc) is 2.65. The van der Waals surface area contributed by atoms with Crippen molar-refractivity contribution in [2.45, 2.75) is 128 Å². The van der Waals surface area contributed by atoms with E-state index in [1.165, 1.54) is 77.0 Å². The van der Waals surface area contributed by atoms with Gasteiger partial charge >= 0.3 is 8.03 Å². The maximum absolute atomic E-state index is 12.1. The van der Waals surface area contributed by atoms with E-state index in [1.54, 1.807) is 0 Å². The molecule has 0 rings (SSSR count). The van der Waals surface area contributed by atoms with Crippen LogP contribution in [0, 0.1) is 0 Å². The van der Waals surface area contributed by atoms with Crippen LogP contribution < -0.4 is 4.89 Å². The zero-order valence-corrected chi connectivity index (χ0v) is 21.3. The lowest BCUT2D eigenvalue weighted by atomic mass is 9.99. The van der Waals surface area contributed by atoms with Gasteiger partial charge in [0.15, 0.2) is 0 Å². The van der Waals surface area contributed by atoms with Crippen LogP contribution in [0.2, 0.25) is 0 Å². The van der Waals surface area contributed by atoms with E-state index in [-0.39, 0.29) is 0 Å². The lowest BCUT2D eigenvalue weighted by molar-refractivity contribution is -0.910. The third-order valence-electron chi connectivity index (χ3n) is 6.33. The highest BCUT2D eigenvalue weighted by Crippen LogP contribution is 2.45. The van der Waals surface area contributed by atoms with E-state index < -0.39 is 13.3 Å². The highest BCUT2D eigenvalue weighted by Gasteiger charge is 2.53. The van der Waals surface area contributed by atoms with Crippen molar-refractivity contribution in [3.63, 3.8) is 0 Å². The first-order valence-corrected chi connectivity index (χ1v) is 13.6. The summed E-state index contributed by atoms with van der Waals surface area (Å²) in [5, 5.41) is -0.591. The van der Waals surface area contributed by atoms with Gasteiger partial charge in [-0.2, -0.15) is 0 Å². The van der Waals surface area contributed by atoms with Crippen molar-refractivity contribution in [1.29, 1.82) is 0 Å². The lowest BCUT2D eigenvalue weighted by Gasteiger charge is -2.39. The van der Waals surface area contributed by atoms with E-state index in [2.05, 4.69) is 26.0 Å². The summed E-state index contributed by atoms with van der Waals surface area (Å²) in [6, 6.07) is 0. The van der Waals surface area contributed by atoms with Crippen molar-refractivity contribution in [3.05, 3.63) is 12.2 Å². The van der Waals surface area contributed by atoms with Gasteiger partial charge in [-0.05, 0) is 38.5 Å². The number of nitrogens with zero attached hydrogens (tertiary/aromatic N) is 1. The molecule has 0 aliphatic carbocycles. The largest absolute Gasteiger partial charge is 0.590 e. The molecular weight excluding hydrogens is 377 g/mol. The predicted octanol–water partition coefficient (Wildman–Crippen LogP) is 7.72. The second kappa shape index (κ2) is 17.4. The fraction of sp³-hybridized carbons (Fsp3) is 0.920. The quantitative estimate of drug-likeness (QED) is 0.0861. The Kier molecular flexibility index (Phi) is 17.3. The highest BCUT2D eigenvalue weighted by molar-refractivity contribution is 7.38. The Morgan fingerprint density at radius 2 is 1.14 bits per heavy atom. The van der Waals surface area contributed by atoms with Crippen LogP contribution in [0.25, 0.3) is 0 Å². The minimum absolute atomic E-state index is 0.520. The Hall–Kier alpha value is -0.240. The minimum atomic E-state index is -2.42. The molecular formula is C25H51NO2P+. The molecule has 0 saturated carbocycles. The molecule has 0 aromatic heterocycles. The Bertz CT molecular complexity index is 431. The molecule has 0 amide bonds. The smallest absolute Gasteiger partial charge is 0.376 e. The molecule has 172 valence electrons. The summed E-state index contributed by atoms with van der Waals surface area (Å²) >= 11 is 0. The molecule has 0 aliphatic heterocycles. The zero-order valence-electron chi connectivity index (χ0n) is 20.4. The molecule has 0 bridgehead atoms. The van der Waals surface area contributed by atoms with E-state index in [4.69, 9.17) is 0 Å². The molecule has 3 nitrogen and oxygen atoms in total. The average molecular weight is 429 g/mol. The number of quaternary nitrogens is 1. The van der Waals surface area contributed by atoms with E-state index >= 15 is 0 Å². The van der Waals surface area contributed by atoms with Crippen LogP contribution in [0.1, 0.15) is 123 Å². The normalized spacial score (nSPS) is 15.0. The van der Waals surface area contributed by atoms with Crippen molar-refractivity contribution in [3.8, 4) is 0 Å². The van der Waals surface area contributed by atoms with Gasteiger partial charge in [-0.25, -0.2) is 0 Å².